The van der Waals surface area contributed by atoms with E-state index in [-0.39, 0.29) is 24.0 Å². The molecule has 0 saturated heterocycles. The molecule has 5 nitrogen and oxygen atoms in total. The standard InChI is InChI=1S/C8H14N2O3/c1-4-7(13)10-8(5(2)11)9-6(3)12/h8H,4H2,1-3H3,(H,9,12)(H,10,13). The first-order valence-corrected chi connectivity index (χ1v) is 4.04. The number of ketones is 1. The molecule has 0 aromatic rings. The van der Waals surface area contributed by atoms with E-state index in [1.54, 1.807) is 6.92 Å². The quantitative estimate of drug-likeness (QED) is 0.585. The third-order valence-corrected chi connectivity index (χ3v) is 1.38. The summed E-state index contributed by atoms with van der Waals surface area (Å²) in [6, 6.07) is 0. The molecule has 0 aliphatic carbocycles. The van der Waals surface area contributed by atoms with Crippen LogP contribution >= 0.6 is 0 Å². The molecule has 0 aromatic heterocycles. The van der Waals surface area contributed by atoms with Crippen molar-refractivity contribution in [1.29, 1.82) is 0 Å². The first kappa shape index (κ1) is 11.6. The lowest BCUT2D eigenvalue weighted by Crippen LogP contribution is -2.51. The number of amides is 2. The lowest BCUT2D eigenvalue weighted by atomic mass is 10.3. The number of hydrogen-bond acceptors (Lipinski definition) is 3. The third kappa shape index (κ3) is 4.95. The molecule has 0 spiro atoms. The van der Waals surface area contributed by atoms with Gasteiger partial charge in [0.15, 0.2) is 11.9 Å². The molecule has 0 bridgehead atoms. The van der Waals surface area contributed by atoms with Gasteiger partial charge in [-0.2, -0.15) is 0 Å². The fraction of sp³-hybridized carbons (Fsp3) is 0.625. The fourth-order valence-electron chi connectivity index (χ4n) is 0.706. The van der Waals surface area contributed by atoms with E-state index >= 15 is 0 Å². The molecule has 13 heavy (non-hydrogen) atoms. The average molecular weight is 186 g/mol. The van der Waals surface area contributed by atoms with E-state index in [1.165, 1.54) is 13.8 Å². The van der Waals surface area contributed by atoms with Gasteiger partial charge in [0, 0.05) is 13.3 Å². The van der Waals surface area contributed by atoms with Crippen LogP contribution in [0.5, 0.6) is 0 Å². The summed E-state index contributed by atoms with van der Waals surface area (Å²) in [6.07, 6.45) is -0.617. The van der Waals surface area contributed by atoms with Crippen LogP contribution in [0.2, 0.25) is 0 Å². The highest BCUT2D eigenvalue weighted by molar-refractivity contribution is 5.90. The monoisotopic (exact) mass is 186 g/mol. The highest BCUT2D eigenvalue weighted by atomic mass is 16.2. The second kappa shape index (κ2) is 5.29. The summed E-state index contributed by atoms with van der Waals surface area (Å²) >= 11 is 0. The smallest absolute Gasteiger partial charge is 0.221 e. The zero-order valence-corrected chi connectivity index (χ0v) is 8.01. The molecule has 0 aromatic carbocycles. The maximum Gasteiger partial charge on any atom is 0.221 e. The molecule has 0 aliphatic rings. The van der Waals surface area contributed by atoms with Crippen molar-refractivity contribution in [3.05, 3.63) is 0 Å². The van der Waals surface area contributed by atoms with Gasteiger partial charge in [-0.1, -0.05) is 6.92 Å². The number of hydrogen-bond donors (Lipinski definition) is 2. The molecule has 0 heterocycles. The van der Waals surface area contributed by atoms with Crippen molar-refractivity contribution in [1.82, 2.24) is 10.6 Å². The Kier molecular flexibility index (Phi) is 4.72. The molecule has 0 saturated carbocycles. The van der Waals surface area contributed by atoms with Crippen molar-refractivity contribution >= 4 is 17.6 Å². The minimum atomic E-state index is -0.898. The van der Waals surface area contributed by atoms with Gasteiger partial charge in [0.1, 0.15) is 0 Å². The Bertz CT molecular complexity index is 225. The zero-order valence-electron chi connectivity index (χ0n) is 8.01. The minimum Gasteiger partial charge on any atom is -0.330 e. The Hall–Kier alpha value is -1.39. The summed E-state index contributed by atoms with van der Waals surface area (Å²) in [5.41, 5.74) is 0. The molecule has 0 fully saturated rings. The Labute approximate surface area is 76.9 Å². The molecule has 0 aliphatic heterocycles. The van der Waals surface area contributed by atoms with Crippen molar-refractivity contribution in [2.45, 2.75) is 33.4 Å². The lowest BCUT2D eigenvalue weighted by Gasteiger charge is -2.15. The van der Waals surface area contributed by atoms with Gasteiger partial charge in [0.05, 0.1) is 0 Å². The summed E-state index contributed by atoms with van der Waals surface area (Å²) in [6.45, 7) is 4.25. The number of nitrogens with one attached hydrogen (secondary N) is 2. The van der Waals surface area contributed by atoms with Crippen molar-refractivity contribution < 1.29 is 14.4 Å². The fourth-order valence-corrected chi connectivity index (χ4v) is 0.706. The van der Waals surface area contributed by atoms with Crippen LogP contribution in [0.15, 0.2) is 0 Å². The Morgan fingerprint density at radius 1 is 1.15 bits per heavy atom. The summed E-state index contributed by atoms with van der Waals surface area (Å²) < 4.78 is 0. The Morgan fingerprint density at radius 3 is 2.00 bits per heavy atom. The first-order valence-electron chi connectivity index (χ1n) is 4.04. The van der Waals surface area contributed by atoms with E-state index < -0.39 is 6.17 Å². The van der Waals surface area contributed by atoms with Crippen LogP contribution < -0.4 is 10.6 Å². The minimum absolute atomic E-state index is 0.269. The predicted molar refractivity (Wildman–Crippen MR) is 46.7 cm³/mol. The molecule has 2 N–H and O–H groups in total. The van der Waals surface area contributed by atoms with E-state index in [2.05, 4.69) is 10.6 Å². The van der Waals surface area contributed by atoms with Gasteiger partial charge in [-0.25, -0.2) is 0 Å². The van der Waals surface area contributed by atoms with Crippen molar-refractivity contribution in [3.8, 4) is 0 Å². The third-order valence-electron chi connectivity index (χ3n) is 1.38. The molecule has 74 valence electrons. The molecule has 5 heteroatoms. The summed E-state index contributed by atoms with van der Waals surface area (Å²) in [5.74, 6) is -0.914. The van der Waals surface area contributed by atoms with Gasteiger partial charge in [-0.3, -0.25) is 14.4 Å². The van der Waals surface area contributed by atoms with Crippen LogP contribution in [0.1, 0.15) is 27.2 Å². The highest BCUT2D eigenvalue weighted by Gasteiger charge is 2.16. The number of rotatable bonds is 4. The molecular formula is C8H14N2O3. The first-order chi connectivity index (χ1) is 5.97. The van der Waals surface area contributed by atoms with Crippen LogP contribution in [-0.4, -0.2) is 23.8 Å². The highest BCUT2D eigenvalue weighted by Crippen LogP contribution is 1.84. The molecule has 1 atom stereocenters. The maximum atomic E-state index is 10.9. The predicted octanol–water partition coefficient (Wildman–Crippen LogP) is -0.436. The topological polar surface area (TPSA) is 75.3 Å². The van der Waals surface area contributed by atoms with Crippen LogP contribution in [0, 0.1) is 0 Å². The largest absolute Gasteiger partial charge is 0.330 e. The molecule has 0 radical (unpaired) electrons. The number of carbonyl (C=O) groups excluding carboxylic acids is 3. The van der Waals surface area contributed by atoms with E-state index in [0.29, 0.717) is 0 Å². The van der Waals surface area contributed by atoms with Crippen LogP contribution in [0.3, 0.4) is 0 Å². The van der Waals surface area contributed by atoms with Gasteiger partial charge in [-0.05, 0) is 6.92 Å². The summed E-state index contributed by atoms with van der Waals surface area (Å²) in [7, 11) is 0. The van der Waals surface area contributed by atoms with Gasteiger partial charge >= 0.3 is 0 Å². The Balaban J connectivity index is 4.18. The SMILES string of the molecule is CCC(=O)NC(NC(C)=O)C(C)=O. The zero-order chi connectivity index (χ0) is 10.4. The van der Waals surface area contributed by atoms with Crippen molar-refractivity contribution in [2.75, 3.05) is 0 Å². The second-order valence-corrected chi connectivity index (χ2v) is 2.67. The maximum absolute atomic E-state index is 10.9. The second-order valence-electron chi connectivity index (χ2n) is 2.67. The molecule has 0 rings (SSSR count). The van der Waals surface area contributed by atoms with Crippen LogP contribution in [-0.2, 0) is 14.4 Å². The van der Waals surface area contributed by atoms with E-state index in [0.717, 1.165) is 0 Å². The van der Waals surface area contributed by atoms with Gasteiger partial charge in [0.2, 0.25) is 11.8 Å². The van der Waals surface area contributed by atoms with Gasteiger partial charge in [-0.15, -0.1) is 0 Å². The van der Waals surface area contributed by atoms with Crippen LogP contribution in [0.25, 0.3) is 0 Å². The summed E-state index contributed by atoms with van der Waals surface area (Å²) in [5, 5.41) is 4.70. The number of carbonyl (C=O) groups is 3. The van der Waals surface area contributed by atoms with Crippen molar-refractivity contribution in [2.24, 2.45) is 0 Å². The number of Topliss-reactive ketones (excluding diaryl/α,β-unsaturated/α-hetero) is 1. The van der Waals surface area contributed by atoms with E-state index in [1.807, 2.05) is 0 Å². The van der Waals surface area contributed by atoms with Crippen LogP contribution in [0.4, 0.5) is 0 Å². The van der Waals surface area contributed by atoms with E-state index in [9.17, 15) is 14.4 Å². The van der Waals surface area contributed by atoms with Gasteiger partial charge < -0.3 is 10.6 Å². The lowest BCUT2D eigenvalue weighted by molar-refractivity contribution is -0.130. The average Bonchev–Trinajstić information content (AvgIpc) is 2.02. The Morgan fingerprint density at radius 2 is 1.69 bits per heavy atom. The normalized spacial score (nSPS) is 11.6. The van der Waals surface area contributed by atoms with Gasteiger partial charge in [0.25, 0.3) is 0 Å². The summed E-state index contributed by atoms with van der Waals surface area (Å²) in [4.78, 5) is 32.4. The molecule has 1 unspecified atom stereocenters. The molecule has 2 amide bonds. The van der Waals surface area contributed by atoms with E-state index in [4.69, 9.17) is 0 Å². The molecular weight excluding hydrogens is 172 g/mol. The van der Waals surface area contributed by atoms with Crippen molar-refractivity contribution in [3.63, 3.8) is 0 Å².